The fraction of sp³-hybridized carbons (Fsp3) is 0.419. The van der Waals surface area contributed by atoms with E-state index in [1.54, 1.807) is 45.0 Å². The number of carbonyl (C=O) groups excluding carboxylic acids is 4. The van der Waals surface area contributed by atoms with Gasteiger partial charge in [0.2, 0.25) is 11.8 Å². The van der Waals surface area contributed by atoms with Crippen LogP contribution in [0, 0.1) is 18.3 Å². The molecule has 0 aliphatic heterocycles. The Hall–Kier alpha value is -4.32. The van der Waals surface area contributed by atoms with Gasteiger partial charge in [0, 0.05) is 18.0 Å². The number of nitrogens with one attached hydrogen (secondary N) is 2. The van der Waals surface area contributed by atoms with Gasteiger partial charge in [-0.05, 0) is 50.3 Å². The standard InChI is InChI=1S/C31H37N3O6/c1-7-22-15-11-12-16-23(22)27(28(36)32-19-26(35)39-6)34(25-17-20(25)2)29(37)24(18-21-13-9-8-10-14-21)33-30(38)40-31(3,4)5/h1,8-16,20,24-25,27H,17-19H2,2-6H3,(H,32,36)(H,33,38). The van der Waals surface area contributed by atoms with Crippen LogP contribution in [0.4, 0.5) is 4.79 Å². The first-order chi connectivity index (χ1) is 18.9. The Kier molecular flexibility index (Phi) is 9.94. The SMILES string of the molecule is C#Cc1ccccc1C(C(=O)NCC(=O)OC)N(C(=O)C(Cc1ccccc1)NC(=O)OC(C)(C)C)C1CC1C. The minimum absolute atomic E-state index is 0.108. The molecule has 0 heterocycles. The first-order valence-corrected chi connectivity index (χ1v) is 13.2. The van der Waals surface area contributed by atoms with Crippen molar-refractivity contribution in [3.63, 3.8) is 0 Å². The summed E-state index contributed by atoms with van der Waals surface area (Å²) in [5, 5.41) is 5.32. The minimum atomic E-state index is -1.15. The van der Waals surface area contributed by atoms with Gasteiger partial charge < -0.3 is 25.0 Å². The third kappa shape index (κ3) is 8.09. The second kappa shape index (κ2) is 13.2. The molecule has 40 heavy (non-hydrogen) atoms. The van der Waals surface area contributed by atoms with Crippen molar-refractivity contribution in [1.29, 1.82) is 0 Å². The summed E-state index contributed by atoms with van der Waals surface area (Å²) in [4.78, 5) is 54.3. The number of alkyl carbamates (subject to hydrolysis) is 1. The summed E-state index contributed by atoms with van der Waals surface area (Å²) in [5.74, 6) is 1.02. The normalized spacial score (nSPS) is 17.4. The lowest BCUT2D eigenvalue weighted by Gasteiger charge is -2.35. The number of amides is 3. The largest absolute Gasteiger partial charge is 0.468 e. The number of ether oxygens (including phenoxy) is 2. The number of rotatable bonds is 10. The Morgan fingerprint density at radius 3 is 2.27 bits per heavy atom. The van der Waals surface area contributed by atoms with Gasteiger partial charge in [-0.1, -0.05) is 61.4 Å². The predicted molar refractivity (Wildman–Crippen MR) is 150 cm³/mol. The van der Waals surface area contributed by atoms with E-state index in [9.17, 15) is 19.2 Å². The zero-order valence-corrected chi connectivity index (χ0v) is 23.6. The Labute approximate surface area is 235 Å². The summed E-state index contributed by atoms with van der Waals surface area (Å²) in [6.45, 7) is 6.80. The quantitative estimate of drug-likeness (QED) is 0.348. The molecule has 2 aromatic rings. The van der Waals surface area contributed by atoms with Crippen molar-refractivity contribution in [1.82, 2.24) is 15.5 Å². The van der Waals surface area contributed by atoms with Crippen LogP contribution in [0.3, 0.4) is 0 Å². The van der Waals surface area contributed by atoms with Crippen LogP contribution in [-0.2, 0) is 30.3 Å². The van der Waals surface area contributed by atoms with Gasteiger partial charge in [0.25, 0.3) is 0 Å². The lowest BCUT2D eigenvalue weighted by atomic mass is 9.96. The molecule has 4 unspecified atom stereocenters. The maximum atomic E-state index is 14.4. The summed E-state index contributed by atoms with van der Waals surface area (Å²) in [7, 11) is 1.22. The maximum Gasteiger partial charge on any atom is 0.408 e. The Morgan fingerprint density at radius 2 is 1.70 bits per heavy atom. The average molecular weight is 548 g/mol. The van der Waals surface area contributed by atoms with E-state index in [4.69, 9.17) is 11.2 Å². The Bertz CT molecular complexity index is 1260. The van der Waals surface area contributed by atoms with Crippen LogP contribution in [0.25, 0.3) is 0 Å². The predicted octanol–water partition coefficient (Wildman–Crippen LogP) is 3.37. The topological polar surface area (TPSA) is 114 Å². The number of methoxy groups -OCH3 is 1. The third-order valence-electron chi connectivity index (χ3n) is 6.52. The molecule has 0 spiro atoms. The fourth-order valence-electron chi connectivity index (χ4n) is 4.46. The number of esters is 1. The van der Waals surface area contributed by atoms with E-state index in [1.165, 1.54) is 12.0 Å². The molecular formula is C31H37N3O6. The second-order valence-corrected chi connectivity index (χ2v) is 10.8. The molecule has 0 aromatic heterocycles. The third-order valence-corrected chi connectivity index (χ3v) is 6.52. The molecule has 1 fully saturated rings. The number of benzene rings is 2. The van der Waals surface area contributed by atoms with Gasteiger partial charge in [0.1, 0.15) is 24.2 Å². The summed E-state index contributed by atoms with van der Waals surface area (Å²) < 4.78 is 10.1. The summed E-state index contributed by atoms with van der Waals surface area (Å²) >= 11 is 0. The zero-order valence-electron chi connectivity index (χ0n) is 23.6. The van der Waals surface area contributed by atoms with Crippen LogP contribution >= 0.6 is 0 Å². The highest BCUT2D eigenvalue weighted by molar-refractivity contribution is 5.94. The number of carbonyl (C=O) groups is 4. The lowest BCUT2D eigenvalue weighted by molar-refractivity contribution is -0.145. The van der Waals surface area contributed by atoms with Crippen molar-refractivity contribution >= 4 is 23.9 Å². The molecule has 2 N–H and O–H groups in total. The molecule has 3 rings (SSSR count). The zero-order chi connectivity index (χ0) is 29.4. The fourth-order valence-corrected chi connectivity index (χ4v) is 4.46. The summed E-state index contributed by atoms with van der Waals surface area (Å²) in [5.41, 5.74) is 0.912. The van der Waals surface area contributed by atoms with Crippen LogP contribution in [0.15, 0.2) is 54.6 Å². The van der Waals surface area contributed by atoms with Crippen LogP contribution in [0.1, 0.15) is 56.8 Å². The van der Waals surface area contributed by atoms with Crippen molar-refractivity contribution < 1.29 is 28.7 Å². The molecule has 0 saturated heterocycles. The van der Waals surface area contributed by atoms with Gasteiger partial charge in [-0.25, -0.2) is 4.79 Å². The summed E-state index contributed by atoms with van der Waals surface area (Å²) in [6, 6.07) is 13.6. The maximum absolute atomic E-state index is 14.4. The van der Waals surface area contributed by atoms with Crippen LogP contribution in [0.2, 0.25) is 0 Å². The number of hydrogen-bond donors (Lipinski definition) is 2. The van der Waals surface area contributed by atoms with Gasteiger partial charge >= 0.3 is 12.1 Å². The van der Waals surface area contributed by atoms with Gasteiger partial charge in [0.15, 0.2) is 0 Å². The van der Waals surface area contributed by atoms with Crippen molar-refractivity contribution in [2.75, 3.05) is 13.7 Å². The molecule has 4 atom stereocenters. The van der Waals surface area contributed by atoms with Crippen molar-refractivity contribution in [3.05, 3.63) is 71.3 Å². The molecule has 3 amide bonds. The Morgan fingerprint density at radius 1 is 1.07 bits per heavy atom. The molecule has 9 heteroatoms. The van der Waals surface area contributed by atoms with E-state index < -0.39 is 41.6 Å². The van der Waals surface area contributed by atoms with Crippen LogP contribution in [-0.4, -0.2) is 60.1 Å². The highest BCUT2D eigenvalue weighted by Crippen LogP contribution is 2.41. The first kappa shape index (κ1) is 30.2. The molecule has 0 radical (unpaired) electrons. The van der Waals surface area contributed by atoms with E-state index in [2.05, 4.69) is 21.3 Å². The minimum Gasteiger partial charge on any atom is -0.468 e. The Balaban J connectivity index is 2.07. The van der Waals surface area contributed by atoms with Gasteiger partial charge in [-0.3, -0.25) is 14.4 Å². The molecular weight excluding hydrogens is 510 g/mol. The van der Waals surface area contributed by atoms with Crippen molar-refractivity contribution in [2.24, 2.45) is 5.92 Å². The van der Waals surface area contributed by atoms with E-state index in [-0.39, 0.29) is 24.9 Å². The van der Waals surface area contributed by atoms with E-state index in [0.717, 1.165) is 5.56 Å². The van der Waals surface area contributed by atoms with Crippen LogP contribution in [0.5, 0.6) is 0 Å². The molecule has 0 bridgehead atoms. The molecule has 2 aromatic carbocycles. The molecule has 1 aliphatic carbocycles. The highest BCUT2D eigenvalue weighted by Gasteiger charge is 2.48. The lowest BCUT2D eigenvalue weighted by Crippen LogP contribution is -2.55. The van der Waals surface area contributed by atoms with Gasteiger partial charge in [-0.15, -0.1) is 6.42 Å². The highest BCUT2D eigenvalue weighted by atomic mass is 16.6. The van der Waals surface area contributed by atoms with Gasteiger partial charge in [0.05, 0.1) is 7.11 Å². The summed E-state index contributed by atoms with van der Waals surface area (Å²) in [6.07, 6.45) is 5.86. The average Bonchev–Trinajstić information content (AvgIpc) is 3.64. The molecule has 1 saturated carbocycles. The van der Waals surface area contributed by atoms with Gasteiger partial charge in [-0.2, -0.15) is 0 Å². The number of hydrogen-bond acceptors (Lipinski definition) is 6. The first-order valence-electron chi connectivity index (χ1n) is 13.2. The number of nitrogens with zero attached hydrogens (tertiary/aromatic N) is 1. The molecule has 212 valence electrons. The smallest absolute Gasteiger partial charge is 0.408 e. The molecule has 1 aliphatic rings. The van der Waals surface area contributed by atoms with E-state index in [1.807, 2.05) is 37.3 Å². The van der Waals surface area contributed by atoms with Crippen LogP contribution < -0.4 is 10.6 Å². The second-order valence-electron chi connectivity index (χ2n) is 10.8. The van der Waals surface area contributed by atoms with E-state index >= 15 is 0 Å². The monoisotopic (exact) mass is 547 g/mol. The number of terminal acetylenes is 1. The van der Waals surface area contributed by atoms with Crippen molar-refractivity contribution in [3.8, 4) is 12.3 Å². The van der Waals surface area contributed by atoms with E-state index in [0.29, 0.717) is 17.5 Å². The van der Waals surface area contributed by atoms with Crippen molar-refractivity contribution in [2.45, 2.75) is 64.3 Å². The molecule has 9 nitrogen and oxygen atoms in total.